The molecule has 1 aromatic rings. The number of carbonyl (C=O) groups excluding carboxylic acids is 1. The molecule has 0 fully saturated rings. The Morgan fingerprint density at radius 1 is 1.47 bits per heavy atom. The summed E-state index contributed by atoms with van der Waals surface area (Å²) >= 11 is 0. The number of ether oxygens (including phenoxy) is 1. The van der Waals surface area contributed by atoms with Crippen LogP contribution in [0.2, 0.25) is 0 Å². The molecule has 1 rings (SSSR count). The van der Waals surface area contributed by atoms with E-state index in [1.807, 2.05) is 6.92 Å². The van der Waals surface area contributed by atoms with E-state index in [9.17, 15) is 4.79 Å². The Hall–Kier alpha value is -2.02. The van der Waals surface area contributed by atoms with Gasteiger partial charge in [-0.05, 0) is 37.6 Å². The Morgan fingerprint density at radius 3 is 2.65 bits per heavy atom. The molecular formula is C13H16N2O2. The van der Waals surface area contributed by atoms with E-state index < -0.39 is 0 Å². The van der Waals surface area contributed by atoms with E-state index in [1.165, 1.54) is 0 Å². The molecule has 0 bridgehead atoms. The highest BCUT2D eigenvalue weighted by molar-refractivity contribution is 5.92. The van der Waals surface area contributed by atoms with E-state index in [1.54, 1.807) is 30.3 Å². The maximum Gasteiger partial charge on any atom is 0.238 e. The van der Waals surface area contributed by atoms with Gasteiger partial charge in [-0.1, -0.05) is 6.92 Å². The molecular weight excluding hydrogens is 216 g/mol. The van der Waals surface area contributed by atoms with Crippen LogP contribution in [-0.2, 0) is 4.79 Å². The lowest BCUT2D eigenvalue weighted by atomic mass is 10.2. The Bertz CT molecular complexity index is 406. The number of anilines is 1. The van der Waals surface area contributed by atoms with Crippen LogP contribution in [0, 0.1) is 11.3 Å². The average molecular weight is 232 g/mol. The van der Waals surface area contributed by atoms with Crippen LogP contribution in [0.4, 0.5) is 5.69 Å². The lowest BCUT2D eigenvalue weighted by Gasteiger charge is -2.12. The average Bonchev–Trinajstić information content (AvgIpc) is 2.32. The van der Waals surface area contributed by atoms with E-state index in [2.05, 4.69) is 12.2 Å². The Balaban J connectivity index is 2.56. The van der Waals surface area contributed by atoms with E-state index in [0.29, 0.717) is 5.69 Å². The summed E-state index contributed by atoms with van der Waals surface area (Å²) in [6.45, 7) is 4.06. The van der Waals surface area contributed by atoms with Crippen molar-refractivity contribution in [3.8, 4) is 11.8 Å². The molecule has 1 aromatic carbocycles. The summed E-state index contributed by atoms with van der Waals surface area (Å²) in [4.78, 5) is 11.2. The molecule has 0 radical (unpaired) electrons. The number of nitrogens with one attached hydrogen (secondary N) is 1. The van der Waals surface area contributed by atoms with E-state index in [4.69, 9.17) is 10.00 Å². The highest BCUT2D eigenvalue weighted by atomic mass is 16.5. The fraction of sp³-hybridized carbons (Fsp3) is 0.385. The monoisotopic (exact) mass is 232 g/mol. The lowest BCUT2D eigenvalue weighted by Crippen LogP contribution is -2.11. The van der Waals surface area contributed by atoms with Crippen molar-refractivity contribution in [2.45, 2.75) is 32.8 Å². The van der Waals surface area contributed by atoms with E-state index in [-0.39, 0.29) is 18.4 Å². The van der Waals surface area contributed by atoms with E-state index >= 15 is 0 Å². The van der Waals surface area contributed by atoms with Crippen LogP contribution in [-0.4, -0.2) is 12.0 Å². The topological polar surface area (TPSA) is 62.1 Å². The standard InChI is InChI=1S/C13H16N2O2/c1-3-10(2)17-12-6-4-11(5-7-12)15-13(16)8-9-14/h4-7,10H,3,8H2,1-2H3,(H,15,16). The Labute approximate surface area is 101 Å². The summed E-state index contributed by atoms with van der Waals surface area (Å²) < 4.78 is 5.61. The number of nitrogens with zero attached hydrogens (tertiary/aromatic N) is 1. The number of nitriles is 1. The predicted molar refractivity (Wildman–Crippen MR) is 65.7 cm³/mol. The van der Waals surface area contributed by atoms with Gasteiger partial charge < -0.3 is 10.1 Å². The number of benzene rings is 1. The largest absolute Gasteiger partial charge is 0.491 e. The fourth-order valence-corrected chi connectivity index (χ4v) is 1.21. The van der Waals surface area contributed by atoms with E-state index in [0.717, 1.165) is 12.2 Å². The maximum atomic E-state index is 11.2. The van der Waals surface area contributed by atoms with Crippen molar-refractivity contribution in [2.75, 3.05) is 5.32 Å². The third kappa shape index (κ3) is 4.56. The van der Waals surface area contributed by atoms with Gasteiger partial charge in [0, 0.05) is 5.69 Å². The molecule has 0 spiro atoms. The first-order valence-electron chi connectivity index (χ1n) is 5.59. The van der Waals surface area contributed by atoms with Gasteiger partial charge in [-0.25, -0.2) is 0 Å². The van der Waals surface area contributed by atoms with Gasteiger partial charge in [0.05, 0.1) is 12.2 Å². The Kier molecular flexibility index (Phi) is 5.02. The van der Waals surface area contributed by atoms with Crippen molar-refractivity contribution in [3.05, 3.63) is 24.3 Å². The first kappa shape index (κ1) is 13.0. The van der Waals surface area contributed by atoms with Gasteiger partial charge >= 0.3 is 0 Å². The zero-order chi connectivity index (χ0) is 12.7. The second-order valence-electron chi connectivity index (χ2n) is 3.74. The van der Waals surface area contributed by atoms with Crippen LogP contribution >= 0.6 is 0 Å². The number of hydrogen-bond acceptors (Lipinski definition) is 3. The summed E-state index contributed by atoms with van der Waals surface area (Å²) in [6.07, 6.45) is 0.986. The van der Waals surface area contributed by atoms with Gasteiger partial charge in [-0.2, -0.15) is 5.26 Å². The van der Waals surface area contributed by atoms with Crippen LogP contribution in [0.15, 0.2) is 24.3 Å². The SMILES string of the molecule is CCC(C)Oc1ccc(NC(=O)CC#N)cc1. The van der Waals surface area contributed by atoms with Crippen LogP contribution in [0.3, 0.4) is 0 Å². The summed E-state index contributed by atoms with van der Waals surface area (Å²) in [5.41, 5.74) is 0.668. The third-order valence-electron chi connectivity index (χ3n) is 2.29. The molecule has 0 aliphatic rings. The normalized spacial score (nSPS) is 11.4. The van der Waals surface area contributed by atoms with Crippen LogP contribution in [0.25, 0.3) is 0 Å². The van der Waals surface area contributed by atoms with Gasteiger partial charge in [0.2, 0.25) is 5.91 Å². The summed E-state index contributed by atoms with van der Waals surface area (Å²) in [5.74, 6) is 0.473. The molecule has 1 N–H and O–H groups in total. The van der Waals surface area contributed by atoms with Crippen molar-refractivity contribution in [1.29, 1.82) is 5.26 Å². The maximum absolute atomic E-state index is 11.2. The quantitative estimate of drug-likeness (QED) is 0.849. The molecule has 1 amide bonds. The molecule has 17 heavy (non-hydrogen) atoms. The smallest absolute Gasteiger partial charge is 0.238 e. The highest BCUT2D eigenvalue weighted by Crippen LogP contribution is 2.17. The number of rotatable bonds is 5. The second kappa shape index (κ2) is 6.54. The summed E-state index contributed by atoms with van der Waals surface area (Å²) in [7, 11) is 0. The molecule has 0 aliphatic heterocycles. The Morgan fingerprint density at radius 2 is 2.12 bits per heavy atom. The first-order chi connectivity index (χ1) is 8.15. The molecule has 90 valence electrons. The summed E-state index contributed by atoms with van der Waals surface area (Å²) in [5, 5.41) is 11.0. The minimum absolute atomic E-state index is 0.134. The first-order valence-corrected chi connectivity index (χ1v) is 5.59. The van der Waals surface area contributed by atoms with Gasteiger partial charge in [0.25, 0.3) is 0 Å². The molecule has 0 aliphatic carbocycles. The van der Waals surface area contributed by atoms with Gasteiger partial charge in [0.15, 0.2) is 0 Å². The van der Waals surface area contributed by atoms with Crippen molar-refractivity contribution in [1.82, 2.24) is 0 Å². The highest BCUT2D eigenvalue weighted by Gasteiger charge is 2.03. The fourth-order valence-electron chi connectivity index (χ4n) is 1.21. The number of hydrogen-bond donors (Lipinski definition) is 1. The minimum atomic E-state index is -0.303. The zero-order valence-electron chi connectivity index (χ0n) is 10.1. The molecule has 0 heterocycles. The summed E-state index contributed by atoms with van der Waals surface area (Å²) in [6, 6.07) is 8.91. The van der Waals surface area contributed by atoms with Gasteiger partial charge in [0.1, 0.15) is 12.2 Å². The van der Waals surface area contributed by atoms with Crippen molar-refractivity contribution >= 4 is 11.6 Å². The van der Waals surface area contributed by atoms with Crippen molar-refractivity contribution < 1.29 is 9.53 Å². The van der Waals surface area contributed by atoms with Crippen molar-refractivity contribution in [2.24, 2.45) is 0 Å². The van der Waals surface area contributed by atoms with Crippen LogP contribution < -0.4 is 10.1 Å². The third-order valence-corrected chi connectivity index (χ3v) is 2.29. The molecule has 4 nitrogen and oxygen atoms in total. The van der Waals surface area contributed by atoms with Crippen LogP contribution in [0.5, 0.6) is 5.75 Å². The number of carbonyl (C=O) groups is 1. The van der Waals surface area contributed by atoms with Crippen molar-refractivity contribution in [3.63, 3.8) is 0 Å². The number of amides is 1. The van der Waals surface area contributed by atoms with Gasteiger partial charge in [-0.15, -0.1) is 0 Å². The molecule has 4 heteroatoms. The molecule has 0 saturated carbocycles. The minimum Gasteiger partial charge on any atom is -0.491 e. The second-order valence-corrected chi connectivity index (χ2v) is 3.74. The lowest BCUT2D eigenvalue weighted by molar-refractivity contribution is -0.115. The van der Waals surface area contributed by atoms with Crippen LogP contribution in [0.1, 0.15) is 26.7 Å². The molecule has 1 atom stereocenters. The molecule has 1 unspecified atom stereocenters. The zero-order valence-corrected chi connectivity index (χ0v) is 10.1. The molecule has 0 aromatic heterocycles. The van der Waals surface area contributed by atoms with Gasteiger partial charge in [-0.3, -0.25) is 4.79 Å². The molecule has 0 saturated heterocycles. The predicted octanol–water partition coefficient (Wildman–Crippen LogP) is 2.72.